The number of nitrogens with one attached hydrogen (secondary N) is 1. The third kappa shape index (κ3) is 4.08. The Kier molecular flexibility index (Phi) is 5.42. The molecule has 0 saturated carbocycles. The summed E-state index contributed by atoms with van der Waals surface area (Å²) in [5.74, 6) is 2.18. The molecule has 0 radical (unpaired) electrons. The SMILES string of the molecule is CC(C)C(=O)N1CC[C@@H](NCc2ccc(CO)o2)[C@@H](C)C1. The second kappa shape index (κ2) is 7.09. The summed E-state index contributed by atoms with van der Waals surface area (Å²) in [6.45, 7) is 8.31. The molecule has 5 heteroatoms. The number of hydrogen-bond acceptors (Lipinski definition) is 4. The lowest BCUT2D eigenvalue weighted by Gasteiger charge is -2.38. The monoisotopic (exact) mass is 294 g/mol. The molecule has 0 bridgehead atoms. The van der Waals surface area contributed by atoms with E-state index >= 15 is 0 Å². The molecule has 2 N–H and O–H groups in total. The molecule has 1 aromatic rings. The van der Waals surface area contributed by atoms with E-state index in [-0.39, 0.29) is 18.4 Å². The molecule has 0 spiro atoms. The van der Waals surface area contributed by atoms with Crippen molar-refractivity contribution in [1.82, 2.24) is 10.2 Å². The maximum Gasteiger partial charge on any atom is 0.225 e. The van der Waals surface area contributed by atoms with Crippen molar-refractivity contribution in [2.24, 2.45) is 11.8 Å². The highest BCUT2D eigenvalue weighted by atomic mass is 16.4. The Morgan fingerprint density at radius 1 is 1.48 bits per heavy atom. The summed E-state index contributed by atoms with van der Waals surface area (Å²) in [4.78, 5) is 14.0. The van der Waals surface area contributed by atoms with Crippen molar-refractivity contribution in [3.63, 3.8) is 0 Å². The fourth-order valence-electron chi connectivity index (χ4n) is 2.85. The van der Waals surface area contributed by atoms with Crippen LogP contribution < -0.4 is 5.32 Å². The molecule has 118 valence electrons. The zero-order valence-electron chi connectivity index (χ0n) is 13.1. The van der Waals surface area contributed by atoms with Crippen LogP contribution in [0.4, 0.5) is 0 Å². The highest BCUT2D eigenvalue weighted by Gasteiger charge is 2.29. The van der Waals surface area contributed by atoms with Gasteiger partial charge in [0, 0.05) is 25.0 Å². The lowest BCUT2D eigenvalue weighted by molar-refractivity contribution is -0.136. The molecule has 0 aliphatic carbocycles. The molecule has 1 fully saturated rings. The Balaban J connectivity index is 1.82. The Morgan fingerprint density at radius 3 is 2.76 bits per heavy atom. The first-order valence-corrected chi connectivity index (χ1v) is 7.72. The molecule has 1 aliphatic rings. The van der Waals surface area contributed by atoms with E-state index in [4.69, 9.17) is 9.52 Å². The van der Waals surface area contributed by atoms with Gasteiger partial charge in [-0.15, -0.1) is 0 Å². The van der Waals surface area contributed by atoms with E-state index < -0.39 is 0 Å². The fourth-order valence-corrected chi connectivity index (χ4v) is 2.85. The molecule has 1 saturated heterocycles. The number of carbonyl (C=O) groups excluding carboxylic acids is 1. The molecule has 0 unspecified atom stereocenters. The van der Waals surface area contributed by atoms with Gasteiger partial charge in [-0.05, 0) is 24.5 Å². The molecule has 2 atom stereocenters. The van der Waals surface area contributed by atoms with Crippen LogP contribution in [0.3, 0.4) is 0 Å². The first-order chi connectivity index (χ1) is 10.0. The molecule has 5 nitrogen and oxygen atoms in total. The predicted molar refractivity (Wildman–Crippen MR) is 80.5 cm³/mol. The van der Waals surface area contributed by atoms with Crippen LogP contribution in [0.2, 0.25) is 0 Å². The average molecular weight is 294 g/mol. The van der Waals surface area contributed by atoms with Gasteiger partial charge in [-0.3, -0.25) is 4.79 Å². The first kappa shape index (κ1) is 16.0. The topological polar surface area (TPSA) is 65.7 Å². The molecular formula is C16H26N2O3. The van der Waals surface area contributed by atoms with Gasteiger partial charge in [0.25, 0.3) is 0 Å². The number of furan rings is 1. The molecule has 1 amide bonds. The lowest BCUT2D eigenvalue weighted by atomic mass is 9.93. The molecule has 0 aromatic carbocycles. The number of rotatable bonds is 5. The summed E-state index contributed by atoms with van der Waals surface area (Å²) < 4.78 is 5.47. The summed E-state index contributed by atoms with van der Waals surface area (Å²) in [6.07, 6.45) is 0.965. The van der Waals surface area contributed by atoms with Gasteiger partial charge in [0.05, 0.1) is 6.54 Å². The third-order valence-corrected chi connectivity index (χ3v) is 4.12. The van der Waals surface area contributed by atoms with Crippen LogP contribution in [-0.4, -0.2) is 35.0 Å². The second-order valence-electron chi connectivity index (χ2n) is 6.22. The zero-order chi connectivity index (χ0) is 15.4. The largest absolute Gasteiger partial charge is 0.462 e. The summed E-state index contributed by atoms with van der Waals surface area (Å²) in [6, 6.07) is 4.08. The molecule has 2 rings (SSSR count). The van der Waals surface area contributed by atoms with E-state index in [2.05, 4.69) is 12.2 Å². The molecule has 21 heavy (non-hydrogen) atoms. The van der Waals surface area contributed by atoms with E-state index in [0.717, 1.165) is 25.3 Å². The van der Waals surface area contributed by atoms with Crippen LogP contribution in [0.5, 0.6) is 0 Å². The van der Waals surface area contributed by atoms with Crippen LogP contribution in [0, 0.1) is 11.8 Å². The van der Waals surface area contributed by atoms with Crippen molar-refractivity contribution in [3.05, 3.63) is 23.7 Å². The number of nitrogens with zero attached hydrogens (tertiary/aromatic N) is 1. The van der Waals surface area contributed by atoms with E-state index in [1.54, 1.807) is 6.07 Å². The van der Waals surface area contributed by atoms with Gasteiger partial charge in [0.1, 0.15) is 18.1 Å². The van der Waals surface area contributed by atoms with Crippen LogP contribution in [0.25, 0.3) is 0 Å². The van der Waals surface area contributed by atoms with Crippen molar-refractivity contribution in [2.45, 2.75) is 46.4 Å². The van der Waals surface area contributed by atoms with Gasteiger partial charge in [-0.2, -0.15) is 0 Å². The smallest absolute Gasteiger partial charge is 0.225 e. The molecule has 1 aliphatic heterocycles. The first-order valence-electron chi connectivity index (χ1n) is 7.72. The van der Waals surface area contributed by atoms with Gasteiger partial charge >= 0.3 is 0 Å². The highest BCUT2D eigenvalue weighted by Crippen LogP contribution is 2.19. The Hall–Kier alpha value is -1.33. The zero-order valence-corrected chi connectivity index (χ0v) is 13.1. The fraction of sp³-hybridized carbons (Fsp3) is 0.688. The number of likely N-dealkylation sites (tertiary alicyclic amines) is 1. The molecule has 2 heterocycles. The number of hydrogen-bond donors (Lipinski definition) is 2. The van der Waals surface area contributed by atoms with Gasteiger partial charge in [-0.1, -0.05) is 20.8 Å². The number of aliphatic hydroxyl groups is 1. The third-order valence-electron chi connectivity index (χ3n) is 4.12. The summed E-state index contributed by atoms with van der Waals surface area (Å²) in [5.41, 5.74) is 0. The number of aliphatic hydroxyl groups excluding tert-OH is 1. The maximum atomic E-state index is 12.0. The molecule has 1 aromatic heterocycles. The van der Waals surface area contributed by atoms with E-state index in [9.17, 15) is 4.79 Å². The predicted octanol–water partition coefficient (Wildman–Crippen LogP) is 1.75. The van der Waals surface area contributed by atoms with Crippen molar-refractivity contribution >= 4 is 5.91 Å². The maximum absolute atomic E-state index is 12.0. The van der Waals surface area contributed by atoms with Gasteiger partial charge in [0.2, 0.25) is 5.91 Å². The van der Waals surface area contributed by atoms with Gasteiger partial charge < -0.3 is 19.7 Å². The Bertz CT molecular complexity index is 470. The molecular weight excluding hydrogens is 268 g/mol. The number of amides is 1. The van der Waals surface area contributed by atoms with Crippen LogP contribution >= 0.6 is 0 Å². The number of piperidine rings is 1. The Labute approximate surface area is 126 Å². The van der Waals surface area contributed by atoms with Crippen molar-refractivity contribution in [1.29, 1.82) is 0 Å². The normalized spacial score (nSPS) is 22.8. The lowest BCUT2D eigenvalue weighted by Crippen LogP contribution is -2.50. The van der Waals surface area contributed by atoms with E-state index in [1.165, 1.54) is 0 Å². The summed E-state index contributed by atoms with van der Waals surface area (Å²) in [7, 11) is 0. The quantitative estimate of drug-likeness (QED) is 0.868. The van der Waals surface area contributed by atoms with E-state index in [1.807, 2.05) is 24.8 Å². The minimum absolute atomic E-state index is 0.0634. The minimum atomic E-state index is -0.0634. The van der Waals surface area contributed by atoms with Crippen LogP contribution in [-0.2, 0) is 17.9 Å². The Morgan fingerprint density at radius 2 is 2.19 bits per heavy atom. The van der Waals surface area contributed by atoms with Crippen molar-refractivity contribution in [3.8, 4) is 0 Å². The van der Waals surface area contributed by atoms with Crippen LogP contribution in [0.1, 0.15) is 38.7 Å². The second-order valence-corrected chi connectivity index (χ2v) is 6.22. The number of carbonyl (C=O) groups is 1. The van der Waals surface area contributed by atoms with Crippen LogP contribution in [0.15, 0.2) is 16.5 Å². The van der Waals surface area contributed by atoms with E-state index in [0.29, 0.717) is 24.3 Å². The summed E-state index contributed by atoms with van der Waals surface area (Å²) >= 11 is 0. The average Bonchev–Trinajstić information content (AvgIpc) is 2.93. The van der Waals surface area contributed by atoms with Crippen molar-refractivity contribution in [2.75, 3.05) is 13.1 Å². The standard InChI is InChI=1S/C16H26N2O3/c1-11(2)16(20)18-7-6-15(12(3)9-18)17-8-13-4-5-14(10-19)21-13/h4-5,11-12,15,17,19H,6-10H2,1-3H3/t12-,15+/m0/s1. The minimum Gasteiger partial charge on any atom is -0.462 e. The van der Waals surface area contributed by atoms with Gasteiger partial charge in [-0.25, -0.2) is 0 Å². The highest BCUT2D eigenvalue weighted by molar-refractivity contribution is 5.78. The van der Waals surface area contributed by atoms with Crippen molar-refractivity contribution < 1.29 is 14.3 Å². The summed E-state index contributed by atoms with van der Waals surface area (Å²) in [5, 5.41) is 12.5. The van der Waals surface area contributed by atoms with Gasteiger partial charge in [0.15, 0.2) is 0 Å².